The van der Waals surface area contributed by atoms with Crippen molar-refractivity contribution < 1.29 is 0 Å². The van der Waals surface area contributed by atoms with Crippen molar-refractivity contribution in [1.82, 2.24) is 4.90 Å². The first-order valence-electron chi connectivity index (χ1n) is 5.85. The smallest absolute Gasteiger partial charge is 0.0152 e. The minimum atomic E-state index is 0.845. The number of fused-ring (bicyclic) bond motifs is 2. The second-order valence-electron chi connectivity index (χ2n) is 5.60. The van der Waals surface area contributed by atoms with Crippen molar-refractivity contribution in [2.45, 2.75) is 40.2 Å². The van der Waals surface area contributed by atoms with E-state index in [2.05, 4.69) is 32.6 Å². The van der Waals surface area contributed by atoms with Gasteiger partial charge in [0.05, 0.1) is 0 Å². The zero-order valence-corrected chi connectivity index (χ0v) is 9.46. The van der Waals surface area contributed by atoms with Crippen LogP contribution in [0.5, 0.6) is 0 Å². The number of hydrogen-bond donors (Lipinski definition) is 0. The van der Waals surface area contributed by atoms with E-state index < -0.39 is 0 Å². The first kappa shape index (κ1) is 9.51. The lowest BCUT2D eigenvalue weighted by Crippen LogP contribution is -2.41. The van der Waals surface area contributed by atoms with E-state index in [0.717, 1.165) is 29.7 Å². The van der Waals surface area contributed by atoms with E-state index in [9.17, 15) is 0 Å². The van der Waals surface area contributed by atoms with Gasteiger partial charge in [0.2, 0.25) is 0 Å². The lowest BCUT2D eigenvalue weighted by atomic mass is 9.75. The van der Waals surface area contributed by atoms with Gasteiger partial charge in [-0.05, 0) is 36.6 Å². The van der Waals surface area contributed by atoms with Crippen molar-refractivity contribution in [3.63, 3.8) is 0 Å². The average molecular weight is 181 g/mol. The fourth-order valence-corrected chi connectivity index (χ4v) is 3.73. The largest absolute Gasteiger partial charge is 0.300 e. The van der Waals surface area contributed by atoms with E-state index in [1.165, 1.54) is 19.5 Å². The molecule has 0 saturated carbocycles. The van der Waals surface area contributed by atoms with E-state index >= 15 is 0 Å². The second-order valence-corrected chi connectivity index (χ2v) is 5.60. The molecular formula is C12H23N. The van der Waals surface area contributed by atoms with Crippen molar-refractivity contribution in [3.8, 4) is 0 Å². The molecule has 2 aliphatic heterocycles. The predicted octanol–water partition coefficient (Wildman–Crippen LogP) is 2.62. The molecule has 2 fully saturated rings. The summed E-state index contributed by atoms with van der Waals surface area (Å²) in [5.41, 5.74) is 0. The fourth-order valence-electron chi connectivity index (χ4n) is 3.73. The Morgan fingerprint density at radius 3 is 2.23 bits per heavy atom. The van der Waals surface area contributed by atoms with Gasteiger partial charge in [-0.2, -0.15) is 0 Å². The van der Waals surface area contributed by atoms with Crippen LogP contribution in [-0.2, 0) is 0 Å². The van der Waals surface area contributed by atoms with Gasteiger partial charge < -0.3 is 0 Å². The molecular weight excluding hydrogens is 158 g/mol. The van der Waals surface area contributed by atoms with Crippen LogP contribution in [0.15, 0.2) is 0 Å². The summed E-state index contributed by atoms with van der Waals surface area (Å²) >= 11 is 0. The van der Waals surface area contributed by atoms with Crippen LogP contribution >= 0.6 is 0 Å². The molecule has 76 valence electrons. The highest BCUT2D eigenvalue weighted by molar-refractivity contribution is 5.00. The number of hydrogen-bond acceptors (Lipinski definition) is 1. The summed E-state index contributed by atoms with van der Waals surface area (Å²) in [6.07, 6.45) is 1.46. The first-order valence-corrected chi connectivity index (χ1v) is 5.85. The van der Waals surface area contributed by atoms with Crippen LogP contribution in [0.3, 0.4) is 0 Å². The van der Waals surface area contributed by atoms with Gasteiger partial charge in [0.25, 0.3) is 0 Å². The summed E-state index contributed by atoms with van der Waals surface area (Å²) in [5.74, 6) is 3.72. The Morgan fingerprint density at radius 1 is 1.08 bits per heavy atom. The Kier molecular flexibility index (Phi) is 2.39. The van der Waals surface area contributed by atoms with Gasteiger partial charge >= 0.3 is 0 Å². The van der Waals surface area contributed by atoms with Crippen molar-refractivity contribution in [2.24, 2.45) is 23.7 Å². The molecule has 2 rings (SSSR count). The van der Waals surface area contributed by atoms with Crippen LogP contribution in [-0.4, -0.2) is 24.0 Å². The highest BCUT2D eigenvalue weighted by Gasteiger charge is 2.47. The quantitative estimate of drug-likeness (QED) is 0.633. The molecule has 1 heteroatoms. The summed E-state index contributed by atoms with van der Waals surface area (Å²) in [6.45, 7) is 12.4. The highest BCUT2D eigenvalue weighted by Crippen LogP contribution is 2.44. The molecule has 2 bridgehead atoms. The molecule has 2 aliphatic rings. The SMILES string of the molecule is CC(C)[C@H]1C2CCN(C2)[C@H]1C(C)C. The van der Waals surface area contributed by atoms with Crippen molar-refractivity contribution in [1.29, 1.82) is 0 Å². The Bertz CT molecular complexity index is 166. The van der Waals surface area contributed by atoms with Crippen LogP contribution < -0.4 is 0 Å². The van der Waals surface area contributed by atoms with Gasteiger partial charge in [-0.1, -0.05) is 27.7 Å². The Labute approximate surface area is 82.5 Å². The van der Waals surface area contributed by atoms with Crippen molar-refractivity contribution in [2.75, 3.05) is 13.1 Å². The first-order chi connectivity index (χ1) is 6.11. The molecule has 0 radical (unpaired) electrons. The monoisotopic (exact) mass is 181 g/mol. The fraction of sp³-hybridized carbons (Fsp3) is 1.00. The Morgan fingerprint density at radius 2 is 1.77 bits per heavy atom. The van der Waals surface area contributed by atoms with Gasteiger partial charge in [0.15, 0.2) is 0 Å². The molecule has 0 aromatic carbocycles. The van der Waals surface area contributed by atoms with Gasteiger partial charge in [0, 0.05) is 12.6 Å². The zero-order valence-electron chi connectivity index (χ0n) is 9.46. The molecule has 1 nitrogen and oxygen atoms in total. The predicted molar refractivity (Wildman–Crippen MR) is 56.6 cm³/mol. The minimum Gasteiger partial charge on any atom is -0.300 e. The van der Waals surface area contributed by atoms with E-state index in [-0.39, 0.29) is 0 Å². The maximum Gasteiger partial charge on any atom is 0.0152 e. The van der Waals surface area contributed by atoms with Crippen molar-refractivity contribution in [3.05, 3.63) is 0 Å². The van der Waals surface area contributed by atoms with E-state index in [1.54, 1.807) is 0 Å². The topological polar surface area (TPSA) is 3.24 Å². The lowest BCUT2D eigenvalue weighted by molar-refractivity contribution is 0.120. The van der Waals surface area contributed by atoms with Crippen LogP contribution in [0.4, 0.5) is 0 Å². The molecule has 2 unspecified atom stereocenters. The van der Waals surface area contributed by atoms with Crippen LogP contribution in [0.25, 0.3) is 0 Å². The third kappa shape index (κ3) is 1.41. The third-order valence-electron chi connectivity index (χ3n) is 4.07. The van der Waals surface area contributed by atoms with Crippen LogP contribution in [0, 0.1) is 23.7 Å². The summed E-state index contributed by atoms with van der Waals surface area (Å²) in [5, 5.41) is 0. The summed E-state index contributed by atoms with van der Waals surface area (Å²) in [6, 6.07) is 0.888. The van der Waals surface area contributed by atoms with Gasteiger partial charge in [-0.3, -0.25) is 4.90 Å². The molecule has 0 amide bonds. The molecule has 4 atom stereocenters. The molecule has 0 aromatic heterocycles. The highest BCUT2D eigenvalue weighted by atomic mass is 15.2. The van der Waals surface area contributed by atoms with Crippen LogP contribution in [0.1, 0.15) is 34.1 Å². The maximum absolute atomic E-state index is 2.74. The van der Waals surface area contributed by atoms with Crippen molar-refractivity contribution >= 4 is 0 Å². The molecule has 0 aliphatic carbocycles. The summed E-state index contributed by atoms with van der Waals surface area (Å²) in [4.78, 5) is 2.74. The summed E-state index contributed by atoms with van der Waals surface area (Å²) in [7, 11) is 0. The van der Waals surface area contributed by atoms with E-state index in [1.807, 2.05) is 0 Å². The third-order valence-corrected chi connectivity index (χ3v) is 4.07. The normalized spacial score (nSPS) is 43.8. The van der Waals surface area contributed by atoms with E-state index in [0.29, 0.717) is 0 Å². The van der Waals surface area contributed by atoms with Gasteiger partial charge in [-0.25, -0.2) is 0 Å². The Hall–Kier alpha value is -0.0400. The molecule has 13 heavy (non-hydrogen) atoms. The average Bonchev–Trinajstić information content (AvgIpc) is 2.60. The van der Waals surface area contributed by atoms with Gasteiger partial charge in [-0.15, -0.1) is 0 Å². The number of nitrogens with zero attached hydrogens (tertiary/aromatic N) is 1. The number of piperidine rings is 1. The Balaban J connectivity index is 2.15. The molecule has 0 N–H and O–H groups in total. The lowest BCUT2D eigenvalue weighted by Gasteiger charge is -2.37. The molecule has 0 spiro atoms. The zero-order chi connectivity index (χ0) is 9.59. The maximum atomic E-state index is 2.74. The molecule has 0 aromatic rings. The summed E-state index contributed by atoms with van der Waals surface area (Å²) < 4.78 is 0. The molecule has 2 heterocycles. The van der Waals surface area contributed by atoms with Gasteiger partial charge in [0.1, 0.15) is 0 Å². The molecule has 2 saturated heterocycles. The van der Waals surface area contributed by atoms with Crippen LogP contribution in [0.2, 0.25) is 0 Å². The number of rotatable bonds is 2. The standard InChI is InChI=1S/C12H23N/c1-8(2)11-10-5-6-13(7-10)12(11)9(3)4/h8-12H,5-7H2,1-4H3/t10?,11-,12-/m0/s1. The van der Waals surface area contributed by atoms with E-state index in [4.69, 9.17) is 0 Å². The minimum absolute atomic E-state index is 0.845. The second kappa shape index (κ2) is 3.27.